The van der Waals surface area contributed by atoms with Crippen LogP contribution < -0.4 is 5.32 Å². The first kappa shape index (κ1) is 13.0. The van der Waals surface area contributed by atoms with Gasteiger partial charge in [0.1, 0.15) is 5.60 Å². The van der Waals surface area contributed by atoms with Crippen LogP contribution in [-0.4, -0.2) is 18.2 Å². The van der Waals surface area contributed by atoms with Crippen molar-refractivity contribution in [1.82, 2.24) is 5.32 Å². The number of hydrogen-bond acceptors (Lipinski definition) is 2. The second-order valence-electron chi connectivity index (χ2n) is 4.14. The minimum absolute atomic E-state index is 0.335. The zero-order valence-corrected chi connectivity index (χ0v) is 9.59. The first-order chi connectivity index (χ1) is 6.45. The summed E-state index contributed by atoms with van der Waals surface area (Å²) < 4.78 is 5.08. The average Bonchev–Trinajstić information content (AvgIpc) is 2.00. The number of allylic oxidation sites excluding steroid dienone is 2. The van der Waals surface area contributed by atoms with Crippen molar-refractivity contribution in [3.05, 3.63) is 12.2 Å². The molecule has 0 aromatic rings. The number of hydrogen-bond donors (Lipinski definition) is 1. The van der Waals surface area contributed by atoms with Gasteiger partial charge in [0.05, 0.1) is 0 Å². The van der Waals surface area contributed by atoms with E-state index in [1.807, 2.05) is 33.8 Å². The molecule has 0 saturated heterocycles. The second-order valence-corrected chi connectivity index (χ2v) is 4.14. The van der Waals surface area contributed by atoms with Crippen molar-refractivity contribution >= 4 is 6.09 Å². The number of carbonyl (C=O) groups excluding carboxylic acids is 1. The largest absolute Gasteiger partial charge is 0.444 e. The third kappa shape index (κ3) is 9.10. The summed E-state index contributed by atoms with van der Waals surface area (Å²) in [5.41, 5.74) is -0.409. The van der Waals surface area contributed by atoms with Crippen molar-refractivity contribution in [3.63, 3.8) is 0 Å². The van der Waals surface area contributed by atoms with Crippen LogP contribution in [-0.2, 0) is 4.74 Å². The number of carbonyl (C=O) groups is 1. The monoisotopic (exact) mass is 199 g/mol. The molecule has 0 aliphatic carbocycles. The predicted octanol–water partition coefficient (Wildman–Crippen LogP) is 2.87. The molecule has 3 nitrogen and oxygen atoms in total. The molecule has 0 spiro atoms. The molecular weight excluding hydrogens is 178 g/mol. The minimum Gasteiger partial charge on any atom is -0.444 e. The molecule has 0 fully saturated rings. The third-order valence-corrected chi connectivity index (χ3v) is 1.45. The van der Waals surface area contributed by atoms with Crippen LogP contribution in [0, 0.1) is 0 Å². The summed E-state index contributed by atoms with van der Waals surface area (Å²) in [6.45, 7) is 8.21. The van der Waals surface area contributed by atoms with Crippen molar-refractivity contribution in [1.29, 1.82) is 0 Å². The van der Waals surface area contributed by atoms with Crippen molar-refractivity contribution in [2.24, 2.45) is 0 Å². The van der Waals surface area contributed by atoms with Gasteiger partial charge in [0, 0.05) is 6.54 Å². The molecule has 0 atom stereocenters. The van der Waals surface area contributed by atoms with E-state index in [0.717, 1.165) is 12.8 Å². The maximum Gasteiger partial charge on any atom is 0.407 e. The Kier molecular flexibility index (Phi) is 6.00. The second kappa shape index (κ2) is 6.46. The first-order valence-electron chi connectivity index (χ1n) is 5.03. The number of nitrogens with one attached hydrogen (secondary N) is 1. The van der Waals surface area contributed by atoms with E-state index in [0.29, 0.717) is 6.54 Å². The number of alkyl carbamates (subject to hydrolysis) is 1. The summed E-state index contributed by atoms with van der Waals surface area (Å²) in [5.74, 6) is 0. The van der Waals surface area contributed by atoms with E-state index in [1.54, 1.807) is 0 Å². The van der Waals surface area contributed by atoms with Crippen molar-refractivity contribution < 1.29 is 9.53 Å². The van der Waals surface area contributed by atoms with E-state index < -0.39 is 5.60 Å². The van der Waals surface area contributed by atoms with Crippen molar-refractivity contribution in [3.8, 4) is 0 Å². The molecular formula is C11H21NO2. The lowest BCUT2D eigenvalue weighted by atomic mass is 10.2. The van der Waals surface area contributed by atoms with Crippen LogP contribution in [0.15, 0.2) is 12.2 Å². The van der Waals surface area contributed by atoms with Gasteiger partial charge in [-0.25, -0.2) is 4.79 Å². The fourth-order valence-electron chi connectivity index (χ4n) is 0.891. The predicted molar refractivity (Wildman–Crippen MR) is 58.3 cm³/mol. The minimum atomic E-state index is -0.409. The van der Waals surface area contributed by atoms with Gasteiger partial charge in [0.25, 0.3) is 0 Å². The highest BCUT2D eigenvalue weighted by Crippen LogP contribution is 2.06. The van der Waals surface area contributed by atoms with E-state index in [2.05, 4.69) is 11.4 Å². The summed E-state index contributed by atoms with van der Waals surface area (Å²) in [7, 11) is 0. The molecule has 0 aromatic carbocycles. The maximum absolute atomic E-state index is 11.1. The van der Waals surface area contributed by atoms with Crippen LogP contribution in [0.3, 0.4) is 0 Å². The highest BCUT2D eigenvalue weighted by molar-refractivity contribution is 5.67. The Morgan fingerprint density at radius 2 is 2.07 bits per heavy atom. The van der Waals surface area contributed by atoms with Gasteiger partial charge in [-0.1, -0.05) is 12.2 Å². The Morgan fingerprint density at radius 3 is 2.57 bits per heavy atom. The summed E-state index contributed by atoms with van der Waals surface area (Å²) in [5, 5.41) is 2.70. The van der Waals surface area contributed by atoms with E-state index in [-0.39, 0.29) is 6.09 Å². The third-order valence-electron chi connectivity index (χ3n) is 1.45. The summed E-state index contributed by atoms with van der Waals surface area (Å²) in [4.78, 5) is 11.1. The van der Waals surface area contributed by atoms with Crippen LogP contribution in [0.2, 0.25) is 0 Å². The van der Waals surface area contributed by atoms with Crippen molar-refractivity contribution in [2.45, 2.75) is 46.1 Å². The molecule has 82 valence electrons. The molecule has 0 aromatic heterocycles. The van der Waals surface area contributed by atoms with Crippen LogP contribution >= 0.6 is 0 Å². The molecule has 14 heavy (non-hydrogen) atoms. The topological polar surface area (TPSA) is 38.3 Å². The van der Waals surface area contributed by atoms with Crippen LogP contribution in [0.25, 0.3) is 0 Å². The smallest absolute Gasteiger partial charge is 0.407 e. The summed E-state index contributed by atoms with van der Waals surface area (Å²) >= 11 is 0. The number of amides is 1. The van der Waals surface area contributed by atoms with E-state index in [4.69, 9.17) is 4.74 Å². The fraction of sp³-hybridized carbons (Fsp3) is 0.727. The molecule has 0 radical (unpaired) electrons. The molecule has 0 heterocycles. The van der Waals surface area contributed by atoms with Gasteiger partial charge in [-0.05, 0) is 40.5 Å². The first-order valence-corrected chi connectivity index (χ1v) is 5.03. The molecule has 0 aliphatic heterocycles. The van der Waals surface area contributed by atoms with Gasteiger partial charge in [0.2, 0.25) is 0 Å². The Balaban J connectivity index is 3.45. The molecule has 3 heteroatoms. The molecule has 0 bridgehead atoms. The Morgan fingerprint density at radius 1 is 1.43 bits per heavy atom. The Labute approximate surface area is 86.5 Å². The lowest BCUT2D eigenvalue weighted by molar-refractivity contribution is 0.0527. The lowest BCUT2D eigenvalue weighted by Crippen LogP contribution is -2.32. The standard InChI is InChI=1S/C11H21NO2/c1-5-6-7-8-9-12-10(13)14-11(2,3)4/h5-6H,7-9H2,1-4H3,(H,12,13)/b6-5-. The molecule has 0 saturated carbocycles. The molecule has 1 N–H and O–H groups in total. The highest BCUT2D eigenvalue weighted by atomic mass is 16.6. The quantitative estimate of drug-likeness (QED) is 0.558. The van der Waals surface area contributed by atoms with Gasteiger partial charge in [-0.15, -0.1) is 0 Å². The Bertz CT molecular complexity index is 192. The fourth-order valence-corrected chi connectivity index (χ4v) is 0.891. The van der Waals surface area contributed by atoms with Gasteiger partial charge in [-0.3, -0.25) is 0 Å². The zero-order chi connectivity index (χ0) is 11.0. The van der Waals surface area contributed by atoms with E-state index >= 15 is 0 Å². The average molecular weight is 199 g/mol. The van der Waals surface area contributed by atoms with Crippen LogP contribution in [0.1, 0.15) is 40.5 Å². The molecule has 0 aliphatic rings. The number of rotatable bonds is 4. The van der Waals surface area contributed by atoms with Gasteiger partial charge >= 0.3 is 6.09 Å². The lowest BCUT2D eigenvalue weighted by Gasteiger charge is -2.19. The summed E-state index contributed by atoms with van der Waals surface area (Å²) in [6.07, 6.45) is 5.69. The molecule has 0 rings (SSSR count). The number of ether oxygens (including phenoxy) is 1. The van der Waals surface area contributed by atoms with Gasteiger partial charge in [0.15, 0.2) is 0 Å². The molecule has 1 amide bonds. The zero-order valence-electron chi connectivity index (χ0n) is 9.59. The van der Waals surface area contributed by atoms with E-state index in [1.165, 1.54) is 0 Å². The van der Waals surface area contributed by atoms with Crippen molar-refractivity contribution in [2.75, 3.05) is 6.54 Å². The van der Waals surface area contributed by atoms with Crippen LogP contribution in [0.4, 0.5) is 4.79 Å². The summed E-state index contributed by atoms with van der Waals surface area (Å²) in [6, 6.07) is 0. The maximum atomic E-state index is 11.1. The highest BCUT2D eigenvalue weighted by Gasteiger charge is 2.15. The van der Waals surface area contributed by atoms with Crippen LogP contribution in [0.5, 0.6) is 0 Å². The van der Waals surface area contributed by atoms with Gasteiger partial charge in [-0.2, -0.15) is 0 Å². The normalized spacial score (nSPS) is 11.7. The van der Waals surface area contributed by atoms with E-state index in [9.17, 15) is 4.79 Å². The number of unbranched alkanes of at least 4 members (excludes halogenated alkanes) is 1. The SMILES string of the molecule is C/C=C\CCCNC(=O)OC(C)(C)C. The Hall–Kier alpha value is -0.990. The van der Waals surface area contributed by atoms with Gasteiger partial charge < -0.3 is 10.1 Å². The molecule has 0 unspecified atom stereocenters.